The highest BCUT2D eigenvalue weighted by molar-refractivity contribution is 9.10. The monoisotopic (exact) mass is 257 g/mol. The van der Waals surface area contributed by atoms with Crippen molar-refractivity contribution in [1.82, 2.24) is 4.98 Å². The number of aromatic nitrogens is 1. The van der Waals surface area contributed by atoms with Crippen LogP contribution in [0.5, 0.6) is 0 Å². The van der Waals surface area contributed by atoms with Crippen LogP contribution in [0.2, 0.25) is 0 Å². The molecule has 0 radical (unpaired) electrons. The summed E-state index contributed by atoms with van der Waals surface area (Å²) in [5.41, 5.74) is -0.190. The number of nitrogens with zero attached hydrogens (tertiary/aromatic N) is 1. The smallest absolute Gasteiger partial charge is 0.255 e. The first-order valence-corrected chi connectivity index (χ1v) is 4.80. The number of pyridine rings is 1. The van der Waals surface area contributed by atoms with E-state index in [9.17, 15) is 8.78 Å². The van der Waals surface area contributed by atoms with Gasteiger partial charge in [-0.25, -0.2) is 8.78 Å². The predicted octanol–water partition coefficient (Wildman–Crippen LogP) is 3.93. The molecule has 0 aliphatic heterocycles. The van der Waals surface area contributed by atoms with Crippen LogP contribution in [-0.4, -0.2) is 4.98 Å². The van der Waals surface area contributed by atoms with Gasteiger partial charge < -0.3 is 0 Å². The number of fused-ring (bicyclic) bond motifs is 1. The number of alkyl halides is 2. The third-order valence-corrected chi connectivity index (χ3v) is 2.65. The fourth-order valence-electron chi connectivity index (χ4n) is 1.27. The lowest BCUT2D eigenvalue weighted by Crippen LogP contribution is -1.89. The van der Waals surface area contributed by atoms with Crippen molar-refractivity contribution in [2.24, 2.45) is 0 Å². The molecule has 0 aliphatic carbocycles. The van der Waals surface area contributed by atoms with Crippen LogP contribution in [0.1, 0.15) is 12.1 Å². The van der Waals surface area contributed by atoms with Crippen molar-refractivity contribution in [3.05, 3.63) is 40.6 Å². The topological polar surface area (TPSA) is 12.9 Å². The Kier molecular flexibility index (Phi) is 2.46. The molecule has 14 heavy (non-hydrogen) atoms. The molecule has 0 saturated carbocycles. The van der Waals surface area contributed by atoms with Crippen LogP contribution in [-0.2, 0) is 0 Å². The van der Waals surface area contributed by atoms with E-state index in [4.69, 9.17) is 0 Å². The number of rotatable bonds is 1. The Balaban J connectivity index is 2.70. The van der Waals surface area contributed by atoms with Gasteiger partial charge in [0.1, 0.15) is 5.69 Å². The molecule has 1 aromatic heterocycles. The average Bonchev–Trinajstić information content (AvgIpc) is 2.18. The lowest BCUT2D eigenvalue weighted by Gasteiger charge is -2.02. The SMILES string of the molecule is FC(F)c1cc2c(Br)cccc2cn1. The molecule has 2 aromatic rings. The number of benzene rings is 1. The summed E-state index contributed by atoms with van der Waals surface area (Å²) in [5.74, 6) is 0. The van der Waals surface area contributed by atoms with Gasteiger partial charge in [-0.2, -0.15) is 0 Å². The van der Waals surface area contributed by atoms with Gasteiger partial charge in [0, 0.05) is 16.1 Å². The molecule has 2 rings (SSSR count). The highest BCUT2D eigenvalue weighted by Crippen LogP contribution is 2.26. The molecule has 1 aromatic carbocycles. The van der Waals surface area contributed by atoms with E-state index in [0.29, 0.717) is 0 Å². The minimum atomic E-state index is -2.52. The minimum Gasteiger partial charge on any atom is -0.255 e. The van der Waals surface area contributed by atoms with Gasteiger partial charge in [0.25, 0.3) is 6.43 Å². The number of hydrogen-bond donors (Lipinski definition) is 0. The van der Waals surface area contributed by atoms with Crippen molar-refractivity contribution in [2.75, 3.05) is 0 Å². The van der Waals surface area contributed by atoms with E-state index in [0.717, 1.165) is 15.2 Å². The van der Waals surface area contributed by atoms with Crippen LogP contribution >= 0.6 is 15.9 Å². The quantitative estimate of drug-likeness (QED) is 0.755. The van der Waals surface area contributed by atoms with Gasteiger partial charge in [0.15, 0.2) is 0 Å². The molecule has 72 valence electrons. The molecule has 0 atom stereocenters. The summed E-state index contributed by atoms with van der Waals surface area (Å²) in [6.07, 6.45) is -1.06. The zero-order valence-corrected chi connectivity index (χ0v) is 8.63. The highest BCUT2D eigenvalue weighted by Gasteiger charge is 2.09. The van der Waals surface area contributed by atoms with Crippen molar-refractivity contribution in [2.45, 2.75) is 6.43 Å². The van der Waals surface area contributed by atoms with Crippen LogP contribution in [0, 0.1) is 0 Å². The van der Waals surface area contributed by atoms with Crippen LogP contribution in [0.4, 0.5) is 8.78 Å². The highest BCUT2D eigenvalue weighted by atomic mass is 79.9. The first kappa shape index (κ1) is 9.52. The fourth-order valence-corrected chi connectivity index (χ4v) is 1.76. The number of halogens is 3. The Morgan fingerprint density at radius 1 is 1.29 bits per heavy atom. The van der Waals surface area contributed by atoms with Gasteiger partial charge in [0.05, 0.1) is 0 Å². The van der Waals surface area contributed by atoms with Crippen LogP contribution in [0.3, 0.4) is 0 Å². The van der Waals surface area contributed by atoms with Crippen molar-refractivity contribution in [3.8, 4) is 0 Å². The van der Waals surface area contributed by atoms with Gasteiger partial charge in [-0.1, -0.05) is 28.1 Å². The average molecular weight is 258 g/mol. The summed E-state index contributed by atoms with van der Waals surface area (Å²) in [5, 5.41) is 1.61. The molecule has 0 spiro atoms. The third kappa shape index (κ3) is 1.62. The first-order valence-electron chi connectivity index (χ1n) is 4.01. The molecule has 0 unspecified atom stereocenters. The Labute approximate surface area is 87.9 Å². The van der Waals surface area contributed by atoms with E-state index in [-0.39, 0.29) is 5.69 Å². The largest absolute Gasteiger partial charge is 0.280 e. The maximum Gasteiger partial charge on any atom is 0.280 e. The molecule has 0 saturated heterocycles. The molecule has 0 amide bonds. The third-order valence-electron chi connectivity index (χ3n) is 1.96. The van der Waals surface area contributed by atoms with E-state index in [1.807, 2.05) is 18.2 Å². The molecule has 0 aliphatic rings. The molecular formula is C10H6BrF2N. The number of hydrogen-bond acceptors (Lipinski definition) is 1. The second kappa shape index (κ2) is 3.61. The maximum absolute atomic E-state index is 12.3. The molecule has 1 heterocycles. The van der Waals surface area contributed by atoms with Crippen molar-refractivity contribution in [1.29, 1.82) is 0 Å². The summed E-state index contributed by atoms with van der Waals surface area (Å²) < 4.78 is 25.5. The lowest BCUT2D eigenvalue weighted by molar-refractivity contribution is 0.146. The Morgan fingerprint density at radius 3 is 2.79 bits per heavy atom. The predicted molar refractivity (Wildman–Crippen MR) is 54.4 cm³/mol. The summed E-state index contributed by atoms with van der Waals surface area (Å²) in [6, 6.07) is 6.90. The summed E-state index contributed by atoms with van der Waals surface area (Å²) in [7, 11) is 0. The van der Waals surface area contributed by atoms with E-state index >= 15 is 0 Å². The maximum atomic E-state index is 12.3. The summed E-state index contributed by atoms with van der Waals surface area (Å²) >= 11 is 3.31. The second-order valence-corrected chi connectivity index (χ2v) is 3.73. The zero-order valence-electron chi connectivity index (χ0n) is 7.05. The Bertz CT molecular complexity index is 471. The van der Waals surface area contributed by atoms with Gasteiger partial charge in [0.2, 0.25) is 0 Å². The second-order valence-electron chi connectivity index (χ2n) is 2.87. The van der Waals surface area contributed by atoms with Gasteiger partial charge in [-0.05, 0) is 17.5 Å². The van der Waals surface area contributed by atoms with E-state index < -0.39 is 6.43 Å². The van der Waals surface area contributed by atoms with Gasteiger partial charge in [-0.15, -0.1) is 0 Å². The summed E-state index contributed by atoms with van der Waals surface area (Å²) in [6.45, 7) is 0. The Hall–Kier alpha value is -1.03. The minimum absolute atomic E-state index is 0.190. The summed E-state index contributed by atoms with van der Waals surface area (Å²) in [4.78, 5) is 3.68. The van der Waals surface area contributed by atoms with Crippen LogP contribution < -0.4 is 0 Å². The van der Waals surface area contributed by atoms with E-state index in [1.54, 1.807) is 0 Å². The molecular weight excluding hydrogens is 252 g/mol. The van der Waals surface area contributed by atoms with Gasteiger partial charge in [-0.3, -0.25) is 4.98 Å². The van der Waals surface area contributed by atoms with Crippen molar-refractivity contribution >= 4 is 26.7 Å². The van der Waals surface area contributed by atoms with Crippen LogP contribution in [0.15, 0.2) is 34.9 Å². The molecule has 1 nitrogen and oxygen atoms in total. The lowest BCUT2D eigenvalue weighted by atomic mass is 10.1. The van der Waals surface area contributed by atoms with Crippen LogP contribution in [0.25, 0.3) is 10.8 Å². The standard InChI is InChI=1S/C10H6BrF2N/c11-8-3-1-2-6-5-14-9(10(12)13)4-7(6)8/h1-5,10H. The first-order chi connectivity index (χ1) is 6.68. The van der Waals surface area contributed by atoms with E-state index in [1.165, 1.54) is 12.3 Å². The zero-order chi connectivity index (χ0) is 10.1. The van der Waals surface area contributed by atoms with Crippen molar-refractivity contribution in [3.63, 3.8) is 0 Å². The van der Waals surface area contributed by atoms with E-state index in [2.05, 4.69) is 20.9 Å². The Morgan fingerprint density at radius 2 is 2.07 bits per heavy atom. The molecule has 0 N–H and O–H groups in total. The normalized spacial score (nSPS) is 11.1. The molecule has 4 heteroatoms. The molecule has 0 fully saturated rings. The van der Waals surface area contributed by atoms with Gasteiger partial charge >= 0.3 is 0 Å². The van der Waals surface area contributed by atoms with Crippen molar-refractivity contribution < 1.29 is 8.78 Å². The molecule has 0 bridgehead atoms. The fraction of sp³-hybridized carbons (Fsp3) is 0.100.